The molecule has 0 radical (unpaired) electrons. The fraction of sp³-hybridized carbons (Fsp3) is 0.333. The van der Waals surface area contributed by atoms with Crippen LogP contribution in [0.4, 0.5) is 11.4 Å². The van der Waals surface area contributed by atoms with Crippen LogP contribution in [0.1, 0.15) is 19.8 Å². The summed E-state index contributed by atoms with van der Waals surface area (Å²) < 4.78 is 0. The van der Waals surface area contributed by atoms with Crippen LogP contribution in [-0.4, -0.2) is 6.04 Å². The summed E-state index contributed by atoms with van der Waals surface area (Å²) in [5.41, 5.74) is 7.49. The molecule has 1 aromatic rings. The van der Waals surface area contributed by atoms with Crippen molar-refractivity contribution in [1.82, 2.24) is 0 Å². The van der Waals surface area contributed by atoms with E-state index in [1.54, 1.807) is 0 Å². The third-order valence-electron chi connectivity index (χ3n) is 2.15. The van der Waals surface area contributed by atoms with Gasteiger partial charge < -0.3 is 11.1 Å². The second kappa shape index (κ2) is 5.32. The molecule has 0 aliphatic carbocycles. The summed E-state index contributed by atoms with van der Waals surface area (Å²) in [4.78, 5) is 0. The van der Waals surface area contributed by atoms with Gasteiger partial charge in [-0.3, -0.25) is 0 Å². The van der Waals surface area contributed by atoms with E-state index in [1.807, 2.05) is 30.3 Å². The van der Waals surface area contributed by atoms with Crippen molar-refractivity contribution in [3.8, 4) is 0 Å². The minimum absolute atomic E-state index is 0.351. The van der Waals surface area contributed by atoms with Crippen molar-refractivity contribution in [2.75, 3.05) is 11.1 Å². The minimum Gasteiger partial charge on any atom is -0.399 e. The smallest absolute Gasteiger partial charge is 0.0441 e. The maximum atomic E-state index is 5.60. The normalized spacial score (nSPS) is 12.1. The Bertz CT molecular complexity index is 277. The summed E-state index contributed by atoms with van der Waals surface area (Å²) in [7, 11) is 0. The third-order valence-corrected chi connectivity index (χ3v) is 2.15. The molecule has 0 saturated heterocycles. The average molecular weight is 190 g/mol. The summed E-state index contributed by atoms with van der Waals surface area (Å²) in [5.74, 6) is 0. The summed E-state index contributed by atoms with van der Waals surface area (Å²) in [6, 6.07) is 8.12. The summed E-state index contributed by atoms with van der Waals surface area (Å²) in [5, 5.41) is 3.38. The third kappa shape index (κ3) is 3.13. The molecule has 0 aliphatic heterocycles. The van der Waals surface area contributed by atoms with Crippen molar-refractivity contribution in [2.24, 2.45) is 0 Å². The number of nitrogens with one attached hydrogen (secondary N) is 1. The molecule has 3 N–H and O–H groups in total. The highest BCUT2D eigenvalue weighted by molar-refractivity contribution is 5.52. The van der Waals surface area contributed by atoms with E-state index in [4.69, 9.17) is 5.73 Å². The molecule has 2 heteroatoms. The number of nitrogen functional groups attached to an aromatic ring is 1. The van der Waals surface area contributed by atoms with Crippen molar-refractivity contribution in [3.63, 3.8) is 0 Å². The zero-order valence-electron chi connectivity index (χ0n) is 8.66. The quantitative estimate of drug-likeness (QED) is 0.553. The molecule has 0 spiro atoms. The average Bonchev–Trinajstić information content (AvgIpc) is 2.20. The van der Waals surface area contributed by atoms with Crippen LogP contribution in [0.3, 0.4) is 0 Å². The second-order valence-electron chi connectivity index (χ2n) is 3.40. The summed E-state index contributed by atoms with van der Waals surface area (Å²) >= 11 is 0. The van der Waals surface area contributed by atoms with Gasteiger partial charge in [0.05, 0.1) is 0 Å². The van der Waals surface area contributed by atoms with Crippen molar-refractivity contribution >= 4 is 11.4 Å². The first-order chi connectivity index (χ1) is 6.76. The zero-order valence-corrected chi connectivity index (χ0v) is 8.66. The van der Waals surface area contributed by atoms with Crippen molar-refractivity contribution < 1.29 is 0 Å². The molecule has 1 unspecified atom stereocenters. The van der Waals surface area contributed by atoms with Crippen molar-refractivity contribution in [2.45, 2.75) is 25.8 Å². The Hall–Kier alpha value is -1.44. The molecule has 1 rings (SSSR count). The van der Waals surface area contributed by atoms with E-state index in [0.717, 1.165) is 24.2 Å². The molecular formula is C12H18N2. The number of hydrogen-bond acceptors (Lipinski definition) is 2. The van der Waals surface area contributed by atoms with Crippen LogP contribution in [0.25, 0.3) is 0 Å². The maximum Gasteiger partial charge on any atom is 0.0441 e. The molecule has 0 fully saturated rings. The fourth-order valence-corrected chi connectivity index (χ4v) is 1.35. The van der Waals surface area contributed by atoms with Gasteiger partial charge in [-0.05, 0) is 30.7 Å². The van der Waals surface area contributed by atoms with Gasteiger partial charge in [0.1, 0.15) is 0 Å². The lowest BCUT2D eigenvalue weighted by molar-refractivity contribution is 0.741. The SMILES string of the molecule is C=CC(CCC)Nc1ccc(N)cc1. The van der Waals surface area contributed by atoms with Crippen LogP contribution in [0.15, 0.2) is 36.9 Å². The number of benzene rings is 1. The summed E-state index contributed by atoms with van der Waals surface area (Å²) in [6.45, 7) is 5.97. The van der Waals surface area contributed by atoms with Gasteiger partial charge in [-0.15, -0.1) is 6.58 Å². The Morgan fingerprint density at radius 2 is 2.07 bits per heavy atom. The van der Waals surface area contributed by atoms with Gasteiger partial charge in [-0.2, -0.15) is 0 Å². The number of rotatable bonds is 5. The van der Waals surface area contributed by atoms with E-state index in [-0.39, 0.29) is 0 Å². The van der Waals surface area contributed by atoms with Crippen LogP contribution < -0.4 is 11.1 Å². The van der Waals surface area contributed by atoms with Crippen LogP contribution in [0.2, 0.25) is 0 Å². The highest BCUT2D eigenvalue weighted by atomic mass is 14.9. The van der Waals surface area contributed by atoms with Crippen LogP contribution in [0, 0.1) is 0 Å². The monoisotopic (exact) mass is 190 g/mol. The molecule has 0 saturated carbocycles. The lowest BCUT2D eigenvalue weighted by Gasteiger charge is -2.15. The molecule has 1 atom stereocenters. The van der Waals surface area contributed by atoms with Gasteiger partial charge in [0, 0.05) is 17.4 Å². The molecular weight excluding hydrogens is 172 g/mol. The Labute approximate surface area is 85.8 Å². The predicted octanol–water partition coefficient (Wildman–Crippen LogP) is 3.04. The van der Waals surface area contributed by atoms with Crippen LogP contribution in [0.5, 0.6) is 0 Å². The zero-order chi connectivity index (χ0) is 10.4. The lowest BCUT2D eigenvalue weighted by Crippen LogP contribution is -2.15. The van der Waals surface area contributed by atoms with Crippen LogP contribution in [-0.2, 0) is 0 Å². The van der Waals surface area contributed by atoms with Gasteiger partial charge in [0.25, 0.3) is 0 Å². The molecule has 2 nitrogen and oxygen atoms in total. The molecule has 1 aromatic carbocycles. The van der Waals surface area contributed by atoms with Crippen molar-refractivity contribution in [1.29, 1.82) is 0 Å². The van der Waals surface area contributed by atoms with Crippen molar-refractivity contribution in [3.05, 3.63) is 36.9 Å². The Kier molecular flexibility index (Phi) is 4.05. The second-order valence-corrected chi connectivity index (χ2v) is 3.40. The summed E-state index contributed by atoms with van der Waals surface area (Å²) in [6.07, 6.45) is 4.20. The Balaban J connectivity index is 2.57. The molecule has 0 amide bonds. The predicted molar refractivity (Wildman–Crippen MR) is 63.4 cm³/mol. The lowest BCUT2D eigenvalue weighted by atomic mass is 10.1. The largest absolute Gasteiger partial charge is 0.399 e. The molecule has 0 aromatic heterocycles. The molecule has 0 bridgehead atoms. The number of nitrogens with two attached hydrogens (primary N) is 1. The van der Waals surface area contributed by atoms with Gasteiger partial charge in [0.2, 0.25) is 0 Å². The van der Waals surface area contributed by atoms with Gasteiger partial charge in [0.15, 0.2) is 0 Å². The van der Waals surface area contributed by atoms with E-state index in [1.165, 1.54) is 0 Å². The van der Waals surface area contributed by atoms with E-state index >= 15 is 0 Å². The maximum absolute atomic E-state index is 5.60. The highest BCUT2D eigenvalue weighted by Crippen LogP contribution is 2.13. The fourth-order valence-electron chi connectivity index (χ4n) is 1.35. The molecule has 76 valence electrons. The van der Waals surface area contributed by atoms with E-state index < -0.39 is 0 Å². The standard InChI is InChI=1S/C12H18N2/c1-3-5-11(4-2)14-12-8-6-10(13)7-9-12/h4,6-9,11,14H,2-3,5,13H2,1H3. The van der Waals surface area contributed by atoms with Gasteiger partial charge in [-0.25, -0.2) is 0 Å². The van der Waals surface area contributed by atoms with Gasteiger partial charge in [-0.1, -0.05) is 19.4 Å². The Morgan fingerprint density at radius 1 is 1.43 bits per heavy atom. The van der Waals surface area contributed by atoms with Gasteiger partial charge >= 0.3 is 0 Å². The van der Waals surface area contributed by atoms with E-state index in [9.17, 15) is 0 Å². The minimum atomic E-state index is 0.351. The van der Waals surface area contributed by atoms with Crippen LogP contribution >= 0.6 is 0 Å². The molecule has 0 aliphatic rings. The Morgan fingerprint density at radius 3 is 2.57 bits per heavy atom. The number of anilines is 2. The van der Waals surface area contributed by atoms with E-state index in [2.05, 4.69) is 18.8 Å². The highest BCUT2D eigenvalue weighted by Gasteiger charge is 2.01. The first-order valence-electron chi connectivity index (χ1n) is 5.01. The first-order valence-corrected chi connectivity index (χ1v) is 5.01. The topological polar surface area (TPSA) is 38.0 Å². The molecule has 14 heavy (non-hydrogen) atoms. The molecule has 0 heterocycles. The number of hydrogen-bond donors (Lipinski definition) is 2. The first kappa shape index (κ1) is 10.6. The van der Waals surface area contributed by atoms with E-state index in [0.29, 0.717) is 6.04 Å².